The largest absolute Gasteiger partial charge is 2.00 e. The zero-order chi connectivity index (χ0) is 20.5. The second-order valence-corrected chi connectivity index (χ2v) is 6.61. The molecule has 0 bridgehead atoms. The second-order valence-electron chi connectivity index (χ2n) is 6.61. The Morgan fingerprint density at radius 3 is 1.70 bits per heavy atom. The zero-order valence-corrected chi connectivity index (χ0v) is 17.8. The monoisotopic (exact) mass is 440 g/mol. The van der Waals surface area contributed by atoms with Crippen molar-refractivity contribution in [1.29, 1.82) is 0 Å². The van der Waals surface area contributed by atoms with Gasteiger partial charge in [-0.05, 0) is 62.5 Å². The number of hydrogen-bond acceptors (Lipinski definition) is 3. The van der Waals surface area contributed by atoms with Crippen molar-refractivity contribution in [3.05, 3.63) is 135 Å². The molecule has 0 aromatic heterocycles. The zero-order valence-electron chi connectivity index (χ0n) is 16.7. The molecule has 0 saturated heterocycles. The van der Waals surface area contributed by atoms with Crippen LogP contribution in [0.4, 0.5) is 0 Å². The Kier molecular flexibility index (Phi) is 10.6. The molecule has 30 heavy (non-hydrogen) atoms. The Hall–Kier alpha value is -1.61. The van der Waals surface area contributed by atoms with Gasteiger partial charge in [0, 0.05) is 18.8 Å². The van der Waals surface area contributed by atoms with Crippen LogP contribution in [0.3, 0.4) is 0 Å². The van der Waals surface area contributed by atoms with Gasteiger partial charge < -0.3 is 9.84 Å². The van der Waals surface area contributed by atoms with Crippen molar-refractivity contribution in [3.8, 4) is 0 Å². The summed E-state index contributed by atoms with van der Waals surface area (Å²) in [6, 6.07) is 19.0. The quantitative estimate of drug-likeness (QED) is 0.536. The molecule has 2 saturated carbocycles. The van der Waals surface area contributed by atoms with Crippen molar-refractivity contribution in [3.63, 3.8) is 0 Å². The molecule has 0 heterocycles. The molecule has 2 aliphatic rings. The second kappa shape index (κ2) is 12.9. The van der Waals surface area contributed by atoms with Gasteiger partial charge in [0.15, 0.2) is 0 Å². The molecule has 2 aromatic rings. The molecule has 0 amide bonds. The minimum Gasteiger partial charge on any atom is -0.457 e. The fraction of sp³-hybridized carbons (Fsp3) is 0.115. The van der Waals surface area contributed by atoms with Gasteiger partial charge >= 0.3 is 23.0 Å². The van der Waals surface area contributed by atoms with Crippen LogP contribution < -0.4 is 0 Å². The number of rotatable bonds is 5. The van der Waals surface area contributed by atoms with Crippen LogP contribution in [0, 0.1) is 63.2 Å². The molecule has 4 heteroatoms. The van der Waals surface area contributed by atoms with Crippen LogP contribution in [-0.2, 0) is 26.6 Å². The number of hydrogen-bond donors (Lipinski definition) is 1. The summed E-state index contributed by atoms with van der Waals surface area (Å²) in [7, 11) is 0. The van der Waals surface area contributed by atoms with Crippen molar-refractivity contribution in [1.82, 2.24) is 0 Å². The van der Waals surface area contributed by atoms with E-state index in [9.17, 15) is 9.90 Å². The first-order chi connectivity index (χ1) is 14.2. The molecule has 3 nitrogen and oxygen atoms in total. The molecule has 0 spiro atoms. The number of benzene rings is 2. The summed E-state index contributed by atoms with van der Waals surface area (Å²) in [6.45, 7) is 1.40. The van der Waals surface area contributed by atoms with Gasteiger partial charge in [0.2, 0.25) is 0 Å². The molecule has 0 unspecified atom stereocenters. The first-order valence-electron chi connectivity index (χ1n) is 9.54. The van der Waals surface area contributed by atoms with Gasteiger partial charge in [0.05, 0.1) is 6.10 Å². The van der Waals surface area contributed by atoms with Gasteiger partial charge in [0.25, 0.3) is 0 Å². The fourth-order valence-electron chi connectivity index (χ4n) is 3.18. The molecule has 4 rings (SSSR count). The van der Waals surface area contributed by atoms with E-state index in [0.717, 1.165) is 23.0 Å². The third kappa shape index (κ3) is 6.97. The summed E-state index contributed by atoms with van der Waals surface area (Å²) in [5, 5.41) is 10.8. The summed E-state index contributed by atoms with van der Waals surface area (Å²) in [4.78, 5) is 11.6. The van der Waals surface area contributed by atoms with E-state index >= 15 is 0 Å². The normalized spacial score (nSPS) is 18.6. The molecular weight excluding hydrogens is 416 g/mol. The van der Waals surface area contributed by atoms with Crippen molar-refractivity contribution < 1.29 is 31.7 Å². The SMILES string of the molecule is CC(=O)O[C@H]([C]1[CH][CH][CH][C]1[C@@H](O)c1ccccc1)c1ccccc1.[CH]1[CH][CH][CH][CH]1.[Fe+2]. The van der Waals surface area contributed by atoms with Crippen molar-refractivity contribution in [2.45, 2.75) is 19.1 Å². The summed E-state index contributed by atoms with van der Waals surface area (Å²) in [5.41, 5.74) is 1.68. The Balaban J connectivity index is 0.000000468. The Morgan fingerprint density at radius 2 is 1.20 bits per heavy atom. The van der Waals surface area contributed by atoms with Crippen LogP contribution in [-0.4, -0.2) is 11.1 Å². The van der Waals surface area contributed by atoms with Gasteiger partial charge in [-0.25, -0.2) is 0 Å². The maximum Gasteiger partial charge on any atom is 2.00 e. The van der Waals surface area contributed by atoms with E-state index in [1.165, 1.54) is 6.92 Å². The molecule has 152 valence electrons. The van der Waals surface area contributed by atoms with E-state index in [0.29, 0.717) is 0 Å². The van der Waals surface area contributed by atoms with E-state index in [1.54, 1.807) is 0 Å². The number of aliphatic hydroxyl groups excluding tert-OH is 1. The van der Waals surface area contributed by atoms with Crippen molar-refractivity contribution >= 4 is 5.97 Å². The number of ether oxygens (including phenoxy) is 1. The molecule has 10 radical (unpaired) electrons. The first kappa shape index (κ1) is 24.7. The standard InChI is InChI=1S/C21H19O3.C5H5.Fe/c1-15(22)24-21(17-11-6-3-7-12-17)19-14-8-13-18(19)20(23)16-9-4-2-5-10-16;1-2-4-5-3-1;/h2-14,20-21,23H,1H3;1-5H;/q;;+2/t20-,21-;;/m0../s1. The summed E-state index contributed by atoms with van der Waals surface area (Å²) >= 11 is 0. The molecule has 2 atom stereocenters. The van der Waals surface area contributed by atoms with E-state index in [-0.39, 0.29) is 23.0 Å². The van der Waals surface area contributed by atoms with Gasteiger partial charge in [-0.1, -0.05) is 60.7 Å². The van der Waals surface area contributed by atoms with E-state index in [1.807, 2.05) is 112 Å². The number of aliphatic hydroxyl groups is 1. The summed E-state index contributed by atoms with van der Waals surface area (Å²) < 4.78 is 5.56. The van der Waals surface area contributed by atoms with E-state index in [4.69, 9.17) is 4.74 Å². The van der Waals surface area contributed by atoms with Gasteiger partial charge in [-0.2, -0.15) is 0 Å². The molecule has 2 fully saturated rings. The average molecular weight is 440 g/mol. The predicted octanol–water partition coefficient (Wildman–Crippen LogP) is 4.82. The van der Waals surface area contributed by atoms with Crippen molar-refractivity contribution in [2.75, 3.05) is 0 Å². The maximum absolute atomic E-state index is 11.6. The molecule has 1 N–H and O–H groups in total. The number of carbonyl (C=O) groups is 1. The molecule has 2 aromatic carbocycles. The van der Waals surface area contributed by atoms with E-state index in [2.05, 4.69) is 0 Å². The Bertz CT molecular complexity index is 723. The topological polar surface area (TPSA) is 46.5 Å². The minimum atomic E-state index is -0.766. The maximum atomic E-state index is 11.6. The Labute approximate surface area is 191 Å². The molecule has 0 aliphatic heterocycles. The van der Waals surface area contributed by atoms with Gasteiger partial charge in [-0.15, -0.1) is 0 Å². The van der Waals surface area contributed by atoms with E-state index < -0.39 is 12.2 Å². The minimum absolute atomic E-state index is 0. The summed E-state index contributed by atoms with van der Waals surface area (Å²) in [5.74, 6) is 1.19. The average Bonchev–Trinajstić information content (AvgIpc) is 3.47. The Morgan fingerprint density at radius 1 is 0.733 bits per heavy atom. The fourth-order valence-corrected chi connectivity index (χ4v) is 3.18. The van der Waals surface area contributed by atoms with Crippen LogP contribution in [0.2, 0.25) is 0 Å². The summed E-state index contributed by atoms with van der Waals surface area (Å²) in [6.07, 6.45) is 14.3. The third-order valence-corrected chi connectivity index (χ3v) is 4.52. The van der Waals surface area contributed by atoms with Crippen molar-refractivity contribution in [2.24, 2.45) is 0 Å². The third-order valence-electron chi connectivity index (χ3n) is 4.52. The van der Waals surface area contributed by atoms with Gasteiger partial charge in [-0.3, -0.25) is 4.79 Å². The first-order valence-corrected chi connectivity index (χ1v) is 9.54. The smallest absolute Gasteiger partial charge is 0.457 e. The van der Waals surface area contributed by atoms with Crippen LogP contribution in [0.5, 0.6) is 0 Å². The van der Waals surface area contributed by atoms with Gasteiger partial charge in [0.1, 0.15) is 6.10 Å². The number of carbonyl (C=O) groups excluding carboxylic acids is 1. The van der Waals surface area contributed by atoms with Crippen LogP contribution in [0.1, 0.15) is 30.3 Å². The molecule has 2 aliphatic carbocycles. The predicted molar refractivity (Wildman–Crippen MR) is 113 cm³/mol. The molecular formula is C26H24FeO3+2. The van der Waals surface area contributed by atoms with Crippen LogP contribution >= 0.6 is 0 Å². The van der Waals surface area contributed by atoms with Crippen LogP contribution in [0.15, 0.2) is 60.7 Å². The number of esters is 1. The van der Waals surface area contributed by atoms with Crippen LogP contribution in [0.25, 0.3) is 0 Å².